The van der Waals surface area contributed by atoms with E-state index in [1.54, 1.807) is 39.2 Å². The van der Waals surface area contributed by atoms with Crippen molar-refractivity contribution in [2.45, 2.75) is 13.1 Å². The number of benzene rings is 3. The van der Waals surface area contributed by atoms with Crippen molar-refractivity contribution in [1.29, 1.82) is 0 Å². The number of methoxy groups -OCH3 is 3. The summed E-state index contributed by atoms with van der Waals surface area (Å²) in [7, 11) is 4.97. The molecule has 32 heavy (non-hydrogen) atoms. The first kappa shape index (κ1) is 23.8. The number of amidine groups is 1. The highest BCUT2D eigenvalue weighted by Gasteiger charge is 2.15. The number of rotatable bonds is 8. The molecule has 0 aromatic heterocycles. The lowest BCUT2D eigenvalue weighted by Crippen LogP contribution is -2.27. The smallest absolute Gasteiger partial charge is 0.164 e. The summed E-state index contributed by atoms with van der Waals surface area (Å²) in [5.41, 5.74) is 3.00. The molecule has 3 aromatic rings. The van der Waals surface area contributed by atoms with E-state index in [9.17, 15) is 0 Å². The van der Waals surface area contributed by atoms with Crippen molar-refractivity contribution in [3.8, 4) is 17.2 Å². The van der Waals surface area contributed by atoms with Gasteiger partial charge in [0.05, 0.1) is 21.3 Å². The van der Waals surface area contributed by atoms with Gasteiger partial charge in [-0.2, -0.15) is 0 Å². The number of hydrogen-bond donors (Lipinski definition) is 0. The Kier molecular flexibility index (Phi) is 8.71. The summed E-state index contributed by atoms with van der Waals surface area (Å²) in [6, 6.07) is 21.6. The van der Waals surface area contributed by atoms with Gasteiger partial charge in [0, 0.05) is 18.1 Å². The van der Waals surface area contributed by atoms with E-state index in [0.717, 1.165) is 27.8 Å². The van der Waals surface area contributed by atoms with Gasteiger partial charge in [-0.25, -0.2) is 4.99 Å². The summed E-state index contributed by atoms with van der Waals surface area (Å²) in [6.07, 6.45) is 2.02. The summed E-state index contributed by atoms with van der Waals surface area (Å²) in [5.74, 6) is 2.34. The van der Waals surface area contributed by atoms with E-state index in [0.29, 0.717) is 29.5 Å². The monoisotopic (exact) mass is 470 g/mol. The van der Waals surface area contributed by atoms with Crippen LogP contribution in [0.4, 0.5) is 5.69 Å². The molecule has 5 nitrogen and oxygen atoms in total. The Bertz CT molecular complexity index is 991. The fourth-order valence-electron chi connectivity index (χ4n) is 3.19. The van der Waals surface area contributed by atoms with Crippen molar-refractivity contribution < 1.29 is 14.2 Å². The maximum Gasteiger partial charge on any atom is 0.164 e. The van der Waals surface area contributed by atoms with E-state index in [4.69, 9.17) is 30.8 Å². The van der Waals surface area contributed by atoms with E-state index in [1.807, 2.05) is 42.7 Å². The molecule has 168 valence electrons. The first-order chi connectivity index (χ1) is 15.6. The number of nitrogens with zero attached hydrogens (tertiary/aromatic N) is 2. The molecule has 0 amide bonds. The minimum atomic E-state index is 0.613. The molecule has 0 bridgehead atoms. The third kappa shape index (κ3) is 6.34. The normalized spacial score (nSPS) is 11.2. The molecule has 0 spiro atoms. The predicted octanol–water partition coefficient (Wildman–Crippen LogP) is 6.42. The van der Waals surface area contributed by atoms with Gasteiger partial charge in [0.2, 0.25) is 0 Å². The van der Waals surface area contributed by atoms with Crippen molar-refractivity contribution in [1.82, 2.24) is 4.90 Å². The summed E-state index contributed by atoms with van der Waals surface area (Å²) >= 11 is 7.81. The van der Waals surface area contributed by atoms with E-state index in [1.165, 1.54) is 0 Å². The Balaban J connectivity index is 1.96. The maximum absolute atomic E-state index is 6.23. The highest BCUT2D eigenvalue weighted by molar-refractivity contribution is 8.13. The van der Waals surface area contributed by atoms with Gasteiger partial charge in [-0.1, -0.05) is 47.6 Å². The van der Waals surface area contributed by atoms with Gasteiger partial charge in [0.1, 0.15) is 22.9 Å². The molecule has 0 aliphatic rings. The van der Waals surface area contributed by atoms with Crippen molar-refractivity contribution in [3.63, 3.8) is 0 Å². The zero-order valence-corrected chi connectivity index (χ0v) is 20.2. The van der Waals surface area contributed by atoms with Crippen LogP contribution in [0.5, 0.6) is 17.2 Å². The van der Waals surface area contributed by atoms with E-state index in [2.05, 4.69) is 29.2 Å². The molecule has 0 N–H and O–H groups in total. The van der Waals surface area contributed by atoms with Crippen molar-refractivity contribution in [2.75, 3.05) is 27.6 Å². The average molecular weight is 471 g/mol. The van der Waals surface area contributed by atoms with Crippen LogP contribution in [0, 0.1) is 0 Å². The minimum Gasteiger partial charge on any atom is -0.497 e. The van der Waals surface area contributed by atoms with Gasteiger partial charge >= 0.3 is 0 Å². The van der Waals surface area contributed by atoms with Gasteiger partial charge in [-0.15, -0.1) is 0 Å². The van der Waals surface area contributed by atoms with Crippen LogP contribution in [0.3, 0.4) is 0 Å². The maximum atomic E-state index is 6.23. The first-order valence-corrected chi connectivity index (χ1v) is 11.6. The largest absolute Gasteiger partial charge is 0.497 e. The van der Waals surface area contributed by atoms with Crippen LogP contribution in [-0.2, 0) is 13.1 Å². The third-order valence-electron chi connectivity index (χ3n) is 4.88. The zero-order chi connectivity index (χ0) is 22.9. The van der Waals surface area contributed by atoms with Crippen LogP contribution >= 0.6 is 23.4 Å². The van der Waals surface area contributed by atoms with Crippen molar-refractivity contribution in [3.05, 3.63) is 82.9 Å². The summed E-state index contributed by atoms with van der Waals surface area (Å²) < 4.78 is 16.1. The Labute approximate surface area is 199 Å². The van der Waals surface area contributed by atoms with Crippen LogP contribution in [0.15, 0.2) is 71.7 Å². The average Bonchev–Trinajstić information content (AvgIpc) is 2.83. The molecule has 0 radical (unpaired) electrons. The highest BCUT2D eigenvalue weighted by Crippen LogP contribution is 2.32. The SMILES string of the molecule is COc1ccc(CN(Cc2ccc(OC)cc2)C(=Nc2cc(Cl)ccc2OC)SC)cc1. The second-order valence-corrected chi connectivity index (χ2v) is 8.18. The van der Waals surface area contributed by atoms with Gasteiger partial charge in [0.25, 0.3) is 0 Å². The highest BCUT2D eigenvalue weighted by atomic mass is 35.5. The van der Waals surface area contributed by atoms with Crippen molar-refractivity contribution in [2.24, 2.45) is 4.99 Å². The van der Waals surface area contributed by atoms with Crippen LogP contribution in [0.2, 0.25) is 5.02 Å². The Morgan fingerprint density at radius 2 is 1.34 bits per heavy atom. The third-order valence-corrected chi connectivity index (χ3v) is 5.82. The number of aliphatic imine (C=N–C) groups is 1. The Morgan fingerprint density at radius 3 is 1.78 bits per heavy atom. The quantitative estimate of drug-likeness (QED) is 0.281. The molecular weight excluding hydrogens is 444 g/mol. The molecule has 7 heteroatoms. The summed E-state index contributed by atoms with van der Waals surface area (Å²) in [4.78, 5) is 7.15. The van der Waals surface area contributed by atoms with Gasteiger partial charge in [-0.3, -0.25) is 0 Å². The number of ether oxygens (including phenoxy) is 3. The molecule has 3 aromatic carbocycles. The second-order valence-electron chi connectivity index (χ2n) is 6.97. The molecule has 0 unspecified atom stereocenters. The molecule has 0 atom stereocenters. The summed E-state index contributed by atoms with van der Waals surface area (Å²) in [5, 5.41) is 1.47. The molecule has 0 saturated heterocycles. The van der Waals surface area contributed by atoms with Crippen LogP contribution in [-0.4, -0.2) is 37.7 Å². The number of halogens is 1. The van der Waals surface area contributed by atoms with Gasteiger partial charge in [0.15, 0.2) is 5.17 Å². The molecule has 0 fully saturated rings. The molecular formula is C25H27ClN2O3S. The lowest BCUT2D eigenvalue weighted by molar-refractivity contribution is 0.404. The zero-order valence-electron chi connectivity index (χ0n) is 18.7. The van der Waals surface area contributed by atoms with Crippen molar-refractivity contribution >= 4 is 34.2 Å². The molecule has 0 aliphatic heterocycles. The number of thioether (sulfide) groups is 1. The van der Waals surface area contributed by atoms with E-state index >= 15 is 0 Å². The molecule has 0 saturated carbocycles. The lowest BCUT2D eigenvalue weighted by Gasteiger charge is -2.26. The Morgan fingerprint density at radius 1 is 0.812 bits per heavy atom. The molecule has 0 heterocycles. The summed E-state index contributed by atoms with van der Waals surface area (Å²) in [6.45, 7) is 1.36. The van der Waals surface area contributed by atoms with Crippen LogP contribution in [0.1, 0.15) is 11.1 Å². The van der Waals surface area contributed by atoms with Gasteiger partial charge < -0.3 is 19.1 Å². The molecule has 3 rings (SSSR count). The van der Waals surface area contributed by atoms with E-state index in [-0.39, 0.29) is 0 Å². The van der Waals surface area contributed by atoms with Crippen LogP contribution < -0.4 is 14.2 Å². The first-order valence-electron chi connectivity index (χ1n) is 10.0. The Hall–Kier alpha value is -2.83. The van der Waals surface area contributed by atoms with Crippen LogP contribution in [0.25, 0.3) is 0 Å². The second kappa shape index (κ2) is 11.7. The van der Waals surface area contributed by atoms with Gasteiger partial charge in [-0.05, 0) is 59.8 Å². The minimum absolute atomic E-state index is 0.613. The molecule has 0 aliphatic carbocycles. The standard InChI is InChI=1S/C25H27ClN2O3S/c1-29-21-10-5-18(6-11-21)16-28(17-19-7-12-22(30-2)13-8-19)25(32-4)27-23-15-20(26)9-14-24(23)31-3/h5-15H,16-17H2,1-4H3. The van der Waals surface area contributed by atoms with E-state index < -0.39 is 0 Å². The fourth-order valence-corrected chi connectivity index (χ4v) is 3.94. The fraction of sp³-hybridized carbons (Fsp3) is 0.240. The predicted molar refractivity (Wildman–Crippen MR) is 134 cm³/mol. The number of hydrogen-bond acceptors (Lipinski definition) is 5. The lowest BCUT2D eigenvalue weighted by atomic mass is 10.1. The topological polar surface area (TPSA) is 43.3 Å².